The van der Waals surface area contributed by atoms with Gasteiger partial charge in [0.05, 0.1) is 5.60 Å². The van der Waals surface area contributed by atoms with Gasteiger partial charge in [-0.3, -0.25) is 0 Å². The third-order valence-electron chi connectivity index (χ3n) is 2.65. The Labute approximate surface area is 114 Å². The van der Waals surface area contributed by atoms with Crippen LogP contribution < -0.4 is 5.32 Å². The summed E-state index contributed by atoms with van der Waals surface area (Å²) < 4.78 is 0. The molecule has 2 N–H and O–H groups in total. The highest BCUT2D eigenvalue weighted by atomic mass is 35.5. The Kier molecular flexibility index (Phi) is 5.82. The number of nitrogens with one attached hydrogen (secondary N) is 1. The van der Waals surface area contributed by atoms with Crippen LogP contribution in [0.1, 0.15) is 45.9 Å². The van der Waals surface area contributed by atoms with Gasteiger partial charge in [-0.15, -0.1) is 0 Å². The Morgan fingerprint density at radius 1 is 1.33 bits per heavy atom. The SMILES string of the molecule is CCCc1nc(Cl)cc(NCC(C)(O)CCC)n1. The highest BCUT2D eigenvalue weighted by Crippen LogP contribution is 2.16. The van der Waals surface area contributed by atoms with Gasteiger partial charge in [0.15, 0.2) is 0 Å². The number of anilines is 1. The van der Waals surface area contributed by atoms with E-state index >= 15 is 0 Å². The Morgan fingerprint density at radius 3 is 2.67 bits per heavy atom. The maximum atomic E-state index is 10.1. The molecule has 0 spiro atoms. The lowest BCUT2D eigenvalue weighted by Crippen LogP contribution is -2.33. The fourth-order valence-corrected chi connectivity index (χ4v) is 2.00. The number of aliphatic hydroxyl groups is 1. The van der Waals surface area contributed by atoms with E-state index in [-0.39, 0.29) is 0 Å². The molecular weight excluding hydrogens is 250 g/mol. The number of hydrogen-bond acceptors (Lipinski definition) is 4. The second kappa shape index (κ2) is 6.90. The van der Waals surface area contributed by atoms with Crippen LogP contribution >= 0.6 is 11.6 Å². The monoisotopic (exact) mass is 271 g/mol. The third kappa shape index (κ3) is 5.19. The van der Waals surface area contributed by atoms with E-state index in [2.05, 4.69) is 29.1 Å². The molecule has 1 atom stereocenters. The summed E-state index contributed by atoms with van der Waals surface area (Å²) in [6.45, 7) is 6.40. The van der Waals surface area contributed by atoms with Crippen molar-refractivity contribution in [3.05, 3.63) is 17.0 Å². The lowest BCUT2D eigenvalue weighted by Gasteiger charge is -2.23. The highest BCUT2D eigenvalue weighted by molar-refractivity contribution is 6.29. The first kappa shape index (κ1) is 15.2. The van der Waals surface area contributed by atoms with Crippen LogP contribution in [0.3, 0.4) is 0 Å². The minimum atomic E-state index is -0.725. The average molecular weight is 272 g/mol. The van der Waals surface area contributed by atoms with E-state index in [0.29, 0.717) is 17.5 Å². The van der Waals surface area contributed by atoms with Crippen LogP contribution in [-0.4, -0.2) is 27.2 Å². The van der Waals surface area contributed by atoms with Crippen molar-refractivity contribution in [2.24, 2.45) is 0 Å². The fourth-order valence-electron chi connectivity index (χ4n) is 1.80. The van der Waals surface area contributed by atoms with Crippen LogP contribution in [0, 0.1) is 0 Å². The zero-order valence-electron chi connectivity index (χ0n) is 11.3. The van der Waals surface area contributed by atoms with Crippen molar-refractivity contribution in [1.82, 2.24) is 9.97 Å². The van der Waals surface area contributed by atoms with Crippen molar-refractivity contribution in [3.8, 4) is 0 Å². The first-order valence-corrected chi connectivity index (χ1v) is 6.84. The minimum Gasteiger partial charge on any atom is -0.388 e. The quantitative estimate of drug-likeness (QED) is 0.749. The van der Waals surface area contributed by atoms with Gasteiger partial charge in [-0.2, -0.15) is 0 Å². The van der Waals surface area contributed by atoms with Crippen LogP contribution in [-0.2, 0) is 6.42 Å². The molecule has 0 saturated heterocycles. The zero-order valence-corrected chi connectivity index (χ0v) is 12.1. The fraction of sp³-hybridized carbons (Fsp3) is 0.692. The molecule has 1 rings (SSSR count). The number of hydrogen-bond donors (Lipinski definition) is 2. The second-order valence-corrected chi connectivity index (χ2v) is 5.23. The molecule has 0 aliphatic rings. The molecule has 0 radical (unpaired) electrons. The standard InChI is InChI=1S/C13H22ClN3O/c1-4-6-11-16-10(14)8-12(17-11)15-9-13(3,18)7-5-2/h8,18H,4-7,9H2,1-3H3,(H,15,16,17). The van der Waals surface area contributed by atoms with Gasteiger partial charge in [0, 0.05) is 19.0 Å². The molecule has 102 valence electrons. The maximum Gasteiger partial charge on any atom is 0.134 e. The molecule has 0 amide bonds. The number of halogens is 1. The molecule has 5 heteroatoms. The number of aromatic nitrogens is 2. The molecule has 0 aliphatic heterocycles. The molecule has 4 nitrogen and oxygen atoms in total. The lowest BCUT2D eigenvalue weighted by molar-refractivity contribution is 0.0636. The Morgan fingerprint density at radius 2 is 2.06 bits per heavy atom. The minimum absolute atomic E-state index is 0.436. The molecule has 1 aromatic heterocycles. The van der Waals surface area contributed by atoms with Gasteiger partial charge in [-0.25, -0.2) is 9.97 Å². The third-order valence-corrected chi connectivity index (χ3v) is 2.85. The van der Waals surface area contributed by atoms with E-state index in [4.69, 9.17) is 11.6 Å². The Hall–Kier alpha value is -0.870. The summed E-state index contributed by atoms with van der Waals surface area (Å²) in [7, 11) is 0. The Bertz CT molecular complexity index is 382. The van der Waals surface area contributed by atoms with E-state index in [1.165, 1.54) is 0 Å². The molecular formula is C13H22ClN3O. The second-order valence-electron chi connectivity index (χ2n) is 4.84. The molecule has 0 aromatic carbocycles. The number of nitrogens with zero attached hydrogens (tertiary/aromatic N) is 2. The van der Waals surface area contributed by atoms with Crippen LogP contribution in [0.25, 0.3) is 0 Å². The Balaban J connectivity index is 2.66. The van der Waals surface area contributed by atoms with Crippen molar-refractivity contribution >= 4 is 17.4 Å². The molecule has 1 heterocycles. The van der Waals surface area contributed by atoms with Crippen molar-refractivity contribution in [2.75, 3.05) is 11.9 Å². The van der Waals surface area contributed by atoms with Crippen molar-refractivity contribution in [2.45, 2.75) is 52.1 Å². The molecule has 0 fully saturated rings. The van der Waals surface area contributed by atoms with Gasteiger partial charge in [-0.1, -0.05) is 31.9 Å². The topological polar surface area (TPSA) is 58.0 Å². The van der Waals surface area contributed by atoms with Crippen molar-refractivity contribution in [1.29, 1.82) is 0 Å². The summed E-state index contributed by atoms with van der Waals surface area (Å²) in [5.41, 5.74) is -0.725. The van der Waals surface area contributed by atoms with Gasteiger partial charge in [0.1, 0.15) is 16.8 Å². The molecule has 1 aromatic rings. The number of rotatable bonds is 7. The van der Waals surface area contributed by atoms with E-state index in [1.54, 1.807) is 6.07 Å². The molecule has 18 heavy (non-hydrogen) atoms. The zero-order chi connectivity index (χ0) is 13.6. The summed E-state index contributed by atoms with van der Waals surface area (Å²) in [5.74, 6) is 1.41. The van der Waals surface area contributed by atoms with Crippen molar-refractivity contribution < 1.29 is 5.11 Å². The summed E-state index contributed by atoms with van der Waals surface area (Å²) in [6.07, 6.45) is 3.48. The van der Waals surface area contributed by atoms with Gasteiger partial charge in [-0.05, 0) is 19.8 Å². The predicted molar refractivity (Wildman–Crippen MR) is 75.1 cm³/mol. The van der Waals surface area contributed by atoms with Crippen LogP contribution in [0.5, 0.6) is 0 Å². The summed E-state index contributed by atoms with van der Waals surface area (Å²) in [4.78, 5) is 8.52. The maximum absolute atomic E-state index is 10.1. The molecule has 1 unspecified atom stereocenters. The van der Waals surface area contributed by atoms with Gasteiger partial charge in [0.25, 0.3) is 0 Å². The molecule has 0 saturated carbocycles. The number of aryl methyl sites for hydroxylation is 1. The smallest absolute Gasteiger partial charge is 0.134 e. The summed E-state index contributed by atoms with van der Waals surface area (Å²) in [5, 5.41) is 13.6. The van der Waals surface area contributed by atoms with Gasteiger partial charge < -0.3 is 10.4 Å². The van der Waals surface area contributed by atoms with Gasteiger partial charge >= 0.3 is 0 Å². The van der Waals surface area contributed by atoms with E-state index < -0.39 is 5.60 Å². The van der Waals surface area contributed by atoms with Crippen LogP contribution in [0.4, 0.5) is 5.82 Å². The molecule has 0 aliphatic carbocycles. The first-order valence-electron chi connectivity index (χ1n) is 6.46. The van der Waals surface area contributed by atoms with Crippen LogP contribution in [0.2, 0.25) is 5.15 Å². The normalized spacial score (nSPS) is 14.3. The summed E-state index contributed by atoms with van der Waals surface area (Å²) >= 11 is 5.94. The lowest BCUT2D eigenvalue weighted by atomic mass is 10.0. The van der Waals surface area contributed by atoms with E-state index in [0.717, 1.165) is 31.5 Å². The largest absolute Gasteiger partial charge is 0.388 e. The van der Waals surface area contributed by atoms with E-state index in [1.807, 2.05) is 6.92 Å². The first-order chi connectivity index (χ1) is 8.46. The summed E-state index contributed by atoms with van der Waals surface area (Å²) in [6, 6.07) is 1.68. The van der Waals surface area contributed by atoms with E-state index in [9.17, 15) is 5.11 Å². The van der Waals surface area contributed by atoms with Crippen molar-refractivity contribution in [3.63, 3.8) is 0 Å². The van der Waals surface area contributed by atoms with Gasteiger partial charge in [0.2, 0.25) is 0 Å². The average Bonchev–Trinajstić information content (AvgIpc) is 2.26. The predicted octanol–water partition coefficient (Wildman–Crippen LogP) is 3.05. The molecule has 0 bridgehead atoms. The van der Waals surface area contributed by atoms with Crippen LogP contribution in [0.15, 0.2) is 6.07 Å². The highest BCUT2D eigenvalue weighted by Gasteiger charge is 2.18.